The highest BCUT2D eigenvalue weighted by Crippen LogP contribution is 2.36. The molecule has 0 saturated carbocycles. The highest BCUT2D eigenvalue weighted by Gasteiger charge is 2.30. The summed E-state index contributed by atoms with van der Waals surface area (Å²) in [5.74, 6) is 0.763. The second-order valence-electron chi connectivity index (χ2n) is 4.93. The molecule has 1 aliphatic rings. The van der Waals surface area contributed by atoms with E-state index in [4.69, 9.17) is 0 Å². The normalized spacial score (nSPS) is 18.2. The van der Waals surface area contributed by atoms with Crippen LogP contribution in [0.3, 0.4) is 0 Å². The van der Waals surface area contributed by atoms with Crippen molar-refractivity contribution in [2.24, 2.45) is 0 Å². The van der Waals surface area contributed by atoms with Crippen molar-refractivity contribution < 1.29 is 0 Å². The van der Waals surface area contributed by atoms with Crippen molar-refractivity contribution in [1.82, 2.24) is 4.90 Å². The third-order valence-corrected chi connectivity index (χ3v) is 4.57. The van der Waals surface area contributed by atoms with Gasteiger partial charge >= 0.3 is 0 Å². The maximum Gasteiger partial charge on any atom is 0.0345 e. The highest BCUT2D eigenvalue weighted by molar-refractivity contribution is 7.17. The lowest BCUT2D eigenvalue weighted by atomic mass is 9.90. The fraction of sp³-hybridized carbons (Fsp3) is 0.429. The zero-order chi connectivity index (χ0) is 11.1. The van der Waals surface area contributed by atoms with Crippen LogP contribution in [0.4, 0.5) is 0 Å². The predicted octanol–water partition coefficient (Wildman–Crippen LogP) is 3.71. The van der Waals surface area contributed by atoms with Crippen molar-refractivity contribution in [2.45, 2.75) is 25.8 Å². The molecule has 0 aliphatic carbocycles. The van der Waals surface area contributed by atoms with E-state index in [1.807, 2.05) is 11.3 Å². The number of nitrogens with zero attached hydrogens (tertiary/aromatic N) is 1. The SMILES string of the molecule is CC(C)N1CC(c2csc3ccccc23)C1. The van der Waals surface area contributed by atoms with Gasteiger partial charge in [0.05, 0.1) is 0 Å². The maximum atomic E-state index is 2.54. The molecule has 1 aromatic carbocycles. The van der Waals surface area contributed by atoms with E-state index in [2.05, 4.69) is 48.4 Å². The molecule has 84 valence electrons. The predicted molar refractivity (Wildman–Crippen MR) is 71.3 cm³/mol. The molecule has 0 bridgehead atoms. The van der Waals surface area contributed by atoms with E-state index in [9.17, 15) is 0 Å². The van der Waals surface area contributed by atoms with Gasteiger partial charge in [-0.1, -0.05) is 18.2 Å². The third kappa shape index (κ3) is 1.57. The molecule has 0 spiro atoms. The summed E-state index contributed by atoms with van der Waals surface area (Å²) < 4.78 is 1.43. The molecule has 1 saturated heterocycles. The zero-order valence-electron chi connectivity index (χ0n) is 9.81. The van der Waals surface area contributed by atoms with Crippen LogP contribution in [0.15, 0.2) is 29.6 Å². The van der Waals surface area contributed by atoms with Crippen LogP contribution in [0.2, 0.25) is 0 Å². The van der Waals surface area contributed by atoms with Gasteiger partial charge in [-0.2, -0.15) is 0 Å². The number of rotatable bonds is 2. The number of hydrogen-bond donors (Lipinski definition) is 0. The molecule has 1 aliphatic heterocycles. The zero-order valence-corrected chi connectivity index (χ0v) is 10.6. The summed E-state index contributed by atoms with van der Waals surface area (Å²) in [5, 5.41) is 3.83. The van der Waals surface area contributed by atoms with Crippen molar-refractivity contribution in [3.63, 3.8) is 0 Å². The lowest BCUT2D eigenvalue weighted by molar-refractivity contribution is 0.111. The Morgan fingerprint density at radius 1 is 1.25 bits per heavy atom. The maximum absolute atomic E-state index is 2.54. The van der Waals surface area contributed by atoms with E-state index >= 15 is 0 Å². The first kappa shape index (κ1) is 10.3. The molecule has 16 heavy (non-hydrogen) atoms. The average molecular weight is 231 g/mol. The summed E-state index contributed by atoms with van der Waals surface area (Å²) in [5.41, 5.74) is 1.57. The first-order chi connectivity index (χ1) is 7.75. The van der Waals surface area contributed by atoms with Gasteiger partial charge in [0.2, 0.25) is 0 Å². The Balaban J connectivity index is 1.86. The molecule has 2 heterocycles. The van der Waals surface area contributed by atoms with Crippen molar-refractivity contribution in [3.05, 3.63) is 35.2 Å². The van der Waals surface area contributed by atoms with Gasteiger partial charge in [0.1, 0.15) is 0 Å². The minimum absolute atomic E-state index is 0.696. The van der Waals surface area contributed by atoms with Crippen LogP contribution < -0.4 is 0 Å². The molecule has 3 rings (SSSR count). The first-order valence-electron chi connectivity index (χ1n) is 5.96. The molecule has 1 fully saturated rings. The third-order valence-electron chi connectivity index (χ3n) is 3.59. The fourth-order valence-electron chi connectivity index (χ4n) is 2.45. The Hall–Kier alpha value is -0.860. The number of fused-ring (bicyclic) bond motifs is 1. The van der Waals surface area contributed by atoms with E-state index in [0.717, 1.165) is 5.92 Å². The molecule has 0 unspecified atom stereocenters. The second-order valence-corrected chi connectivity index (χ2v) is 5.84. The number of thiophene rings is 1. The lowest BCUT2D eigenvalue weighted by Crippen LogP contribution is -2.48. The Kier molecular flexibility index (Phi) is 2.49. The van der Waals surface area contributed by atoms with E-state index in [1.54, 1.807) is 5.56 Å². The Labute approximate surface area is 101 Å². The van der Waals surface area contributed by atoms with Gasteiger partial charge in [0.25, 0.3) is 0 Å². The van der Waals surface area contributed by atoms with Crippen molar-refractivity contribution in [1.29, 1.82) is 0 Å². The summed E-state index contributed by atoms with van der Waals surface area (Å²) in [6.07, 6.45) is 0. The van der Waals surface area contributed by atoms with E-state index in [-0.39, 0.29) is 0 Å². The first-order valence-corrected chi connectivity index (χ1v) is 6.84. The molecule has 0 atom stereocenters. The van der Waals surface area contributed by atoms with Gasteiger partial charge in [-0.25, -0.2) is 0 Å². The van der Waals surface area contributed by atoms with Crippen LogP contribution in [-0.2, 0) is 0 Å². The van der Waals surface area contributed by atoms with Gasteiger partial charge in [-0.15, -0.1) is 11.3 Å². The topological polar surface area (TPSA) is 3.24 Å². The van der Waals surface area contributed by atoms with E-state index in [1.165, 1.54) is 23.2 Å². The molecule has 0 radical (unpaired) electrons. The summed E-state index contributed by atoms with van der Waals surface area (Å²) in [4.78, 5) is 2.54. The molecule has 1 nitrogen and oxygen atoms in total. The van der Waals surface area contributed by atoms with Gasteiger partial charge in [0.15, 0.2) is 0 Å². The molecule has 0 N–H and O–H groups in total. The second kappa shape index (κ2) is 3.86. The van der Waals surface area contributed by atoms with E-state index < -0.39 is 0 Å². The Morgan fingerprint density at radius 3 is 2.75 bits per heavy atom. The van der Waals surface area contributed by atoms with E-state index in [0.29, 0.717) is 6.04 Å². The van der Waals surface area contributed by atoms with Crippen molar-refractivity contribution in [3.8, 4) is 0 Å². The quantitative estimate of drug-likeness (QED) is 0.761. The van der Waals surface area contributed by atoms with Crippen LogP contribution in [0, 0.1) is 0 Å². The number of hydrogen-bond acceptors (Lipinski definition) is 2. The molecule has 2 heteroatoms. The number of benzene rings is 1. The molecule has 2 aromatic rings. The van der Waals surface area contributed by atoms with Gasteiger partial charge < -0.3 is 0 Å². The van der Waals surface area contributed by atoms with Crippen LogP contribution in [-0.4, -0.2) is 24.0 Å². The fourth-order valence-corrected chi connectivity index (χ4v) is 3.49. The van der Waals surface area contributed by atoms with Gasteiger partial charge in [-0.05, 0) is 36.2 Å². The summed E-state index contributed by atoms with van der Waals surface area (Å²) in [6.45, 7) is 7.03. The average Bonchev–Trinajstić information content (AvgIpc) is 2.60. The highest BCUT2D eigenvalue weighted by atomic mass is 32.1. The summed E-state index contributed by atoms with van der Waals surface area (Å²) in [7, 11) is 0. The smallest absolute Gasteiger partial charge is 0.0345 e. The summed E-state index contributed by atoms with van der Waals surface area (Å²) >= 11 is 1.88. The largest absolute Gasteiger partial charge is 0.300 e. The number of likely N-dealkylation sites (tertiary alicyclic amines) is 1. The molecular weight excluding hydrogens is 214 g/mol. The van der Waals surface area contributed by atoms with Crippen LogP contribution in [0.1, 0.15) is 25.3 Å². The van der Waals surface area contributed by atoms with Crippen molar-refractivity contribution in [2.75, 3.05) is 13.1 Å². The molecular formula is C14H17NS. The monoisotopic (exact) mass is 231 g/mol. The minimum atomic E-state index is 0.696. The lowest BCUT2D eigenvalue weighted by Gasteiger charge is -2.42. The van der Waals surface area contributed by atoms with Crippen molar-refractivity contribution >= 4 is 21.4 Å². The minimum Gasteiger partial charge on any atom is -0.300 e. The van der Waals surface area contributed by atoms with Crippen LogP contribution in [0.25, 0.3) is 10.1 Å². The standard InChI is InChI=1S/C14H17NS/c1-10(2)15-7-11(8-15)13-9-16-14-6-4-3-5-12(13)14/h3-6,9-11H,7-8H2,1-2H3. The Morgan fingerprint density at radius 2 is 2.00 bits per heavy atom. The van der Waals surface area contributed by atoms with Gasteiger partial charge in [-0.3, -0.25) is 4.90 Å². The molecule has 1 aromatic heterocycles. The molecule has 0 amide bonds. The summed E-state index contributed by atoms with van der Waals surface area (Å²) in [6, 6.07) is 9.46. The van der Waals surface area contributed by atoms with Gasteiger partial charge in [0, 0.05) is 29.7 Å². The van der Waals surface area contributed by atoms with Crippen LogP contribution >= 0.6 is 11.3 Å². The van der Waals surface area contributed by atoms with Crippen LogP contribution in [0.5, 0.6) is 0 Å². The Bertz CT molecular complexity index is 494.